The number of hydrogen-bond donors (Lipinski definition) is 1. The van der Waals surface area contributed by atoms with E-state index in [1.807, 2.05) is 0 Å². The summed E-state index contributed by atoms with van der Waals surface area (Å²) in [6.07, 6.45) is 5.08. The predicted octanol–water partition coefficient (Wildman–Crippen LogP) is 4.56. The Hall–Kier alpha value is -0.01000. The van der Waals surface area contributed by atoms with Crippen molar-refractivity contribution < 1.29 is 4.74 Å². The molecule has 18 heavy (non-hydrogen) atoms. The molecule has 0 aliphatic carbocycles. The van der Waals surface area contributed by atoms with Gasteiger partial charge in [0.1, 0.15) is 16.7 Å². The van der Waals surface area contributed by atoms with Gasteiger partial charge >= 0.3 is 0 Å². The van der Waals surface area contributed by atoms with Gasteiger partial charge in [-0.2, -0.15) is 0 Å². The molecular formula is C11H8Cl5NO. The third-order valence-electron chi connectivity index (χ3n) is 1.92. The molecule has 0 aliphatic heterocycles. The second kappa shape index (κ2) is 7.55. The van der Waals surface area contributed by atoms with Crippen LogP contribution in [0.2, 0.25) is 25.1 Å². The van der Waals surface area contributed by atoms with E-state index in [2.05, 4.69) is 11.2 Å². The Labute approximate surface area is 130 Å². The Morgan fingerprint density at radius 1 is 0.944 bits per heavy atom. The van der Waals surface area contributed by atoms with E-state index < -0.39 is 0 Å². The van der Waals surface area contributed by atoms with Crippen molar-refractivity contribution in [2.75, 3.05) is 19.7 Å². The van der Waals surface area contributed by atoms with Crippen LogP contribution in [-0.2, 0) is 0 Å². The first kappa shape index (κ1) is 16.0. The van der Waals surface area contributed by atoms with Crippen molar-refractivity contribution in [2.24, 2.45) is 0 Å². The number of rotatable bonds is 5. The minimum absolute atomic E-state index is 0.103. The number of benzene rings is 1. The molecule has 1 N–H and O–H groups in total. The van der Waals surface area contributed by atoms with Crippen LogP contribution in [0.3, 0.4) is 0 Å². The minimum atomic E-state index is 0.103. The molecular weight excluding hydrogens is 339 g/mol. The van der Waals surface area contributed by atoms with E-state index in [1.165, 1.54) is 0 Å². The van der Waals surface area contributed by atoms with Gasteiger partial charge in [0.2, 0.25) is 0 Å². The standard InChI is InChI=1S/C11H8Cl5NO/c1-2-3-17-4-5-18-11-9(15)7(13)6(12)8(14)10(11)16/h1,17H,3-5H2. The van der Waals surface area contributed by atoms with Gasteiger partial charge in [-0.05, 0) is 0 Å². The Bertz CT molecular complexity index is 454. The van der Waals surface area contributed by atoms with Crippen LogP contribution >= 0.6 is 58.0 Å². The molecule has 0 atom stereocenters. The third-order valence-corrected chi connectivity index (χ3v) is 4.16. The second-order valence-corrected chi connectivity index (χ2v) is 5.02. The van der Waals surface area contributed by atoms with Crippen molar-refractivity contribution >= 4 is 58.0 Å². The van der Waals surface area contributed by atoms with Gasteiger partial charge in [-0.3, -0.25) is 0 Å². The summed E-state index contributed by atoms with van der Waals surface area (Å²) in [5, 5.41) is 3.53. The molecule has 0 bridgehead atoms. The van der Waals surface area contributed by atoms with Gasteiger partial charge < -0.3 is 10.1 Å². The highest BCUT2D eigenvalue weighted by molar-refractivity contribution is 6.55. The van der Waals surface area contributed by atoms with Gasteiger partial charge in [0, 0.05) is 6.54 Å². The first-order valence-electron chi connectivity index (χ1n) is 4.79. The summed E-state index contributed by atoms with van der Waals surface area (Å²) in [6.45, 7) is 1.30. The zero-order valence-corrected chi connectivity index (χ0v) is 12.8. The smallest absolute Gasteiger partial charge is 0.159 e. The van der Waals surface area contributed by atoms with E-state index in [1.54, 1.807) is 0 Å². The van der Waals surface area contributed by atoms with E-state index in [0.717, 1.165) is 0 Å². The molecule has 2 nitrogen and oxygen atoms in total. The first-order chi connectivity index (χ1) is 8.50. The molecule has 0 unspecified atom stereocenters. The SMILES string of the molecule is C#CCNCCOc1c(Cl)c(Cl)c(Cl)c(Cl)c1Cl. The fraction of sp³-hybridized carbons (Fsp3) is 0.273. The molecule has 0 fully saturated rings. The summed E-state index contributed by atoms with van der Waals surface area (Å²) in [5.41, 5.74) is 0. The van der Waals surface area contributed by atoms with E-state index in [4.69, 9.17) is 69.2 Å². The van der Waals surface area contributed by atoms with Crippen LogP contribution in [0.5, 0.6) is 5.75 Å². The summed E-state index contributed by atoms with van der Waals surface area (Å²) < 4.78 is 5.41. The molecule has 0 spiro atoms. The predicted molar refractivity (Wildman–Crippen MR) is 78.7 cm³/mol. The quantitative estimate of drug-likeness (QED) is 0.365. The number of halogens is 5. The van der Waals surface area contributed by atoms with Crippen LogP contribution in [0, 0.1) is 12.3 Å². The molecule has 1 rings (SSSR count). The molecule has 0 aromatic heterocycles. The monoisotopic (exact) mass is 345 g/mol. The average Bonchev–Trinajstić information content (AvgIpc) is 2.37. The van der Waals surface area contributed by atoms with Crippen LogP contribution < -0.4 is 10.1 Å². The zero-order chi connectivity index (χ0) is 13.7. The van der Waals surface area contributed by atoms with Crippen molar-refractivity contribution in [1.82, 2.24) is 5.32 Å². The topological polar surface area (TPSA) is 21.3 Å². The lowest BCUT2D eigenvalue weighted by atomic mass is 10.3. The summed E-state index contributed by atoms with van der Waals surface area (Å²) in [5.74, 6) is 2.64. The Kier molecular flexibility index (Phi) is 6.73. The molecule has 0 saturated heterocycles. The van der Waals surface area contributed by atoms with Gasteiger partial charge in [0.15, 0.2) is 5.75 Å². The minimum Gasteiger partial charge on any atom is -0.489 e. The zero-order valence-electron chi connectivity index (χ0n) is 9.00. The van der Waals surface area contributed by atoms with Gasteiger partial charge in [-0.25, -0.2) is 0 Å². The van der Waals surface area contributed by atoms with Gasteiger partial charge in [-0.1, -0.05) is 63.9 Å². The molecule has 0 radical (unpaired) electrons. The highest BCUT2D eigenvalue weighted by Crippen LogP contribution is 2.48. The maximum atomic E-state index is 5.98. The van der Waals surface area contributed by atoms with Gasteiger partial charge in [0.25, 0.3) is 0 Å². The molecule has 98 valence electrons. The molecule has 0 saturated carbocycles. The molecule has 1 aromatic rings. The van der Waals surface area contributed by atoms with Crippen LogP contribution in [-0.4, -0.2) is 19.7 Å². The van der Waals surface area contributed by atoms with Gasteiger partial charge in [0.05, 0.1) is 21.6 Å². The lowest BCUT2D eigenvalue weighted by Crippen LogP contribution is -2.21. The Morgan fingerprint density at radius 2 is 1.44 bits per heavy atom. The van der Waals surface area contributed by atoms with E-state index in [0.29, 0.717) is 19.7 Å². The highest BCUT2D eigenvalue weighted by Gasteiger charge is 2.20. The number of ether oxygens (including phenoxy) is 1. The lowest BCUT2D eigenvalue weighted by Gasteiger charge is -2.13. The lowest BCUT2D eigenvalue weighted by molar-refractivity contribution is 0.317. The fourth-order valence-electron chi connectivity index (χ4n) is 1.10. The molecule has 0 amide bonds. The van der Waals surface area contributed by atoms with Crippen LogP contribution in [0.25, 0.3) is 0 Å². The summed E-state index contributed by atoms with van der Waals surface area (Å²) in [6, 6.07) is 0. The van der Waals surface area contributed by atoms with Crippen molar-refractivity contribution in [3.05, 3.63) is 25.1 Å². The maximum absolute atomic E-state index is 5.98. The third kappa shape index (κ3) is 3.74. The number of hydrogen-bond acceptors (Lipinski definition) is 2. The average molecular weight is 347 g/mol. The fourth-order valence-corrected chi connectivity index (χ4v) is 2.33. The number of terminal acetylenes is 1. The van der Waals surface area contributed by atoms with Crippen molar-refractivity contribution in [3.8, 4) is 18.1 Å². The van der Waals surface area contributed by atoms with E-state index in [-0.39, 0.29) is 30.9 Å². The molecule has 1 aromatic carbocycles. The molecule has 0 heterocycles. The normalized spacial score (nSPS) is 10.2. The Morgan fingerprint density at radius 3 is 1.94 bits per heavy atom. The summed E-state index contributed by atoms with van der Waals surface area (Å²) in [7, 11) is 0. The van der Waals surface area contributed by atoms with Crippen molar-refractivity contribution in [1.29, 1.82) is 0 Å². The van der Waals surface area contributed by atoms with E-state index >= 15 is 0 Å². The van der Waals surface area contributed by atoms with Crippen LogP contribution in [0.4, 0.5) is 0 Å². The van der Waals surface area contributed by atoms with Crippen LogP contribution in [0.1, 0.15) is 0 Å². The first-order valence-corrected chi connectivity index (χ1v) is 6.68. The summed E-state index contributed by atoms with van der Waals surface area (Å²) >= 11 is 29.6. The Balaban J connectivity index is 2.80. The van der Waals surface area contributed by atoms with Crippen molar-refractivity contribution in [2.45, 2.75) is 0 Å². The molecule has 0 aliphatic rings. The maximum Gasteiger partial charge on any atom is 0.159 e. The largest absolute Gasteiger partial charge is 0.489 e. The van der Waals surface area contributed by atoms with Crippen molar-refractivity contribution in [3.63, 3.8) is 0 Å². The summed E-state index contributed by atoms with van der Waals surface area (Å²) in [4.78, 5) is 0. The van der Waals surface area contributed by atoms with Gasteiger partial charge in [-0.15, -0.1) is 6.42 Å². The highest BCUT2D eigenvalue weighted by atomic mass is 35.5. The second-order valence-electron chi connectivity index (χ2n) is 3.13. The number of nitrogens with one attached hydrogen (secondary N) is 1. The van der Waals surface area contributed by atoms with E-state index in [9.17, 15) is 0 Å². The molecule has 7 heteroatoms. The van der Waals surface area contributed by atoms with Crippen LogP contribution in [0.15, 0.2) is 0 Å².